The fourth-order valence-corrected chi connectivity index (χ4v) is 3.50. The first-order valence-electron chi connectivity index (χ1n) is 11.6. The summed E-state index contributed by atoms with van der Waals surface area (Å²) in [5.41, 5.74) is -2.66. The van der Waals surface area contributed by atoms with Crippen LogP contribution in [0.2, 0.25) is 0 Å². The molecule has 0 aliphatic carbocycles. The van der Waals surface area contributed by atoms with Crippen LogP contribution in [-0.2, 0) is 25.2 Å². The highest BCUT2D eigenvalue weighted by molar-refractivity contribution is 5.69. The Bertz CT molecular complexity index is 985. The normalized spacial score (nSPS) is 12.4. The van der Waals surface area contributed by atoms with Gasteiger partial charge in [0.2, 0.25) is 0 Å². The number of hydrogen-bond acceptors (Lipinski definition) is 3. The van der Waals surface area contributed by atoms with E-state index in [0.717, 1.165) is 25.0 Å². The van der Waals surface area contributed by atoms with Gasteiger partial charge in [-0.2, -0.15) is 26.3 Å². The number of carbonyl (C=O) groups excluding carboxylic acids is 1. The molecule has 0 fully saturated rings. The molecule has 2 aromatic rings. The molecule has 0 aliphatic heterocycles. The van der Waals surface area contributed by atoms with Crippen molar-refractivity contribution in [1.82, 2.24) is 0 Å². The first-order chi connectivity index (χ1) is 17.0. The third kappa shape index (κ3) is 8.46. The minimum Gasteiger partial charge on any atom is -0.394 e. The molecule has 0 spiro atoms. The SMILES string of the molecule is CCC/C=C/Cc1cccc(OC(=O)Oc2cccc(C/C=C/CCC)c2C(F)(F)F)c1C(F)(F)F. The highest BCUT2D eigenvalue weighted by atomic mass is 19.4. The Hall–Kier alpha value is -3.23. The average Bonchev–Trinajstić information content (AvgIpc) is 2.78. The van der Waals surface area contributed by atoms with E-state index in [1.807, 2.05) is 13.8 Å². The van der Waals surface area contributed by atoms with E-state index in [1.54, 1.807) is 24.3 Å². The number of benzene rings is 2. The third-order valence-corrected chi connectivity index (χ3v) is 5.10. The van der Waals surface area contributed by atoms with Gasteiger partial charge in [-0.3, -0.25) is 0 Å². The van der Waals surface area contributed by atoms with E-state index in [-0.39, 0.29) is 24.0 Å². The molecule has 0 amide bonds. The van der Waals surface area contributed by atoms with Crippen molar-refractivity contribution in [2.45, 2.75) is 64.7 Å². The number of alkyl halides is 6. The van der Waals surface area contributed by atoms with E-state index in [1.165, 1.54) is 24.3 Å². The summed E-state index contributed by atoms with van der Waals surface area (Å²) >= 11 is 0. The van der Waals surface area contributed by atoms with Gasteiger partial charge in [0.1, 0.15) is 22.6 Å². The molecule has 0 N–H and O–H groups in total. The van der Waals surface area contributed by atoms with E-state index in [9.17, 15) is 31.1 Å². The minimum atomic E-state index is -4.87. The molecule has 0 heterocycles. The molecule has 196 valence electrons. The van der Waals surface area contributed by atoms with Crippen LogP contribution in [0.15, 0.2) is 60.7 Å². The molecule has 9 heteroatoms. The van der Waals surface area contributed by atoms with Crippen molar-refractivity contribution in [2.75, 3.05) is 0 Å². The summed E-state index contributed by atoms with van der Waals surface area (Å²) in [5, 5.41) is 0. The van der Waals surface area contributed by atoms with Crippen molar-refractivity contribution in [3.05, 3.63) is 83.0 Å². The largest absolute Gasteiger partial charge is 0.519 e. The van der Waals surface area contributed by atoms with Crippen LogP contribution in [0.1, 0.15) is 61.8 Å². The molecular formula is C27H28F6O3. The Morgan fingerprint density at radius 1 is 0.694 bits per heavy atom. The van der Waals surface area contributed by atoms with Crippen LogP contribution in [0.25, 0.3) is 0 Å². The third-order valence-electron chi connectivity index (χ3n) is 5.10. The molecule has 0 aliphatic rings. The fraction of sp³-hybridized carbons (Fsp3) is 0.370. The lowest BCUT2D eigenvalue weighted by atomic mass is 10.0. The summed E-state index contributed by atoms with van der Waals surface area (Å²) < 4.78 is 92.3. The maximum absolute atomic E-state index is 13.8. The molecule has 0 bridgehead atoms. The van der Waals surface area contributed by atoms with Gasteiger partial charge in [0, 0.05) is 0 Å². The van der Waals surface area contributed by atoms with Crippen LogP contribution in [0, 0.1) is 0 Å². The molecule has 36 heavy (non-hydrogen) atoms. The van der Waals surface area contributed by atoms with Crippen molar-refractivity contribution in [3.8, 4) is 11.5 Å². The van der Waals surface area contributed by atoms with Gasteiger partial charge >= 0.3 is 18.5 Å². The topological polar surface area (TPSA) is 35.5 Å². The second-order valence-electron chi connectivity index (χ2n) is 7.96. The molecule has 0 aromatic heterocycles. The van der Waals surface area contributed by atoms with Crippen LogP contribution in [0.4, 0.5) is 31.1 Å². The Morgan fingerprint density at radius 2 is 1.08 bits per heavy atom. The zero-order chi connectivity index (χ0) is 26.8. The molecule has 0 saturated heterocycles. The number of hydrogen-bond donors (Lipinski definition) is 0. The van der Waals surface area contributed by atoms with Crippen molar-refractivity contribution < 1.29 is 40.6 Å². The quantitative estimate of drug-likeness (QED) is 0.137. The summed E-state index contributed by atoms with van der Waals surface area (Å²) in [6, 6.07) is 6.87. The molecular weight excluding hydrogens is 486 g/mol. The summed E-state index contributed by atoms with van der Waals surface area (Å²) in [7, 11) is 0. The Kier molecular flexibility index (Phi) is 10.6. The monoisotopic (exact) mass is 514 g/mol. The van der Waals surface area contributed by atoms with Gasteiger partial charge in [-0.1, -0.05) is 75.3 Å². The minimum absolute atomic E-state index is 0.0626. The molecule has 2 rings (SSSR count). The highest BCUT2D eigenvalue weighted by Crippen LogP contribution is 2.41. The van der Waals surface area contributed by atoms with Crippen LogP contribution >= 0.6 is 0 Å². The predicted molar refractivity (Wildman–Crippen MR) is 125 cm³/mol. The van der Waals surface area contributed by atoms with Crippen molar-refractivity contribution in [1.29, 1.82) is 0 Å². The number of allylic oxidation sites excluding steroid dienone is 4. The van der Waals surface area contributed by atoms with Gasteiger partial charge in [0.25, 0.3) is 0 Å². The zero-order valence-corrected chi connectivity index (χ0v) is 20.0. The first-order valence-corrected chi connectivity index (χ1v) is 11.6. The maximum atomic E-state index is 13.8. The summed E-state index contributed by atoms with van der Waals surface area (Å²) in [5.74, 6) is -1.69. The van der Waals surface area contributed by atoms with Gasteiger partial charge in [-0.15, -0.1) is 0 Å². The van der Waals surface area contributed by atoms with E-state index in [4.69, 9.17) is 9.47 Å². The van der Waals surface area contributed by atoms with Gasteiger partial charge in [0.05, 0.1) is 0 Å². The summed E-state index contributed by atoms with van der Waals surface area (Å²) in [6.45, 7) is 3.85. The summed E-state index contributed by atoms with van der Waals surface area (Å²) in [6.07, 6.45) is -1.89. The summed E-state index contributed by atoms with van der Waals surface area (Å²) in [4.78, 5) is 12.4. The predicted octanol–water partition coefficient (Wildman–Crippen LogP) is 9.10. The number of halogens is 6. The average molecular weight is 515 g/mol. The first kappa shape index (κ1) is 29.0. The Morgan fingerprint density at radius 3 is 1.42 bits per heavy atom. The van der Waals surface area contributed by atoms with Crippen molar-refractivity contribution in [2.24, 2.45) is 0 Å². The molecule has 0 unspecified atom stereocenters. The number of rotatable bonds is 10. The molecule has 0 saturated carbocycles. The zero-order valence-electron chi connectivity index (χ0n) is 20.0. The maximum Gasteiger partial charge on any atom is 0.519 e. The van der Waals surface area contributed by atoms with Crippen molar-refractivity contribution >= 4 is 6.16 Å². The van der Waals surface area contributed by atoms with Crippen molar-refractivity contribution in [3.63, 3.8) is 0 Å². The molecule has 0 atom stereocenters. The van der Waals surface area contributed by atoms with Gasteiger partial charge in [-0.25, -0.2) is 4.79 Å². The van der Waals surface area contributed by atoms with Crippen LogP contribution < -0.4 is 9.47 Å². The van der Waals surface area contributed by atoms with E-state index in [0.29, 0.717) is 12.8 Å². The van der Waals surface area contributed by atoms with Crippen LogP contribution in [0.3, 0.4) is 0 Å². The fourth-order valence-electron chi connectivity index (χ4n) is 3.50. The Labute approximate surface area is 206 Å². The second-order valence-corrected chi connectivity index (χ2v) is 7.96. The molecule has 3 nitrogen and oxygen atoms in total. The van der Waals surface area contributed by atoms with Gasteiger partial charge < -0.3 is 9.47 Å². The molecule has 0 radical (unpaired) electrons. The molecule has 2 aromatic carbocycles. The second kappa shape index (κ2) is 13.2. The van der Waals surface area contributed by atoms with E-state index >= 15 is 0 Å². The highest BCUT2D eigenvalue weighted by Gasteiger charge is 2.39. The van der Waals surface area contributed by atoms with E-state index < -0.39 is 41.1 Å². The smallest absolute Gasteiger partial charge is 0.394 e. The Balaban J connectivity index is 2.34. The van der Waals surface area contributed by atoms with Crippen LogP contribution in [-0.4, -0.2) is 6.16 Å². The van der Waals surface area contributed by atoms with E-state index in [2.05, 4.69) is 0 Å². The lowest BCUT2D eigenvalue weighted by Crippen LogP contribution is -2.20. The van der Waals surface area contributed by atoms with Gasteiger partial charge in [0.15, 0.2) is 0 Å². The van der Waals surface area contributed by atoms with Crippen LogP contribution in [0.5, 0.6) is 11.5 Å². The lowest BCUT2D eigenvalue weighted by molar-refractivity contribution is -0.139. The number of unbranched alkanes of at least 4 members (excludes halogenated alkanes) is 2. The van der Waals surface area contributed by atoms with Gasteiger partial charge in [-0.05, 0) is 48.9 Å². The number of ether oxygens (including phenoxy) is 2. The standard InChI is InChI=1S/C27H28F6O3/c1-3-5-7-9-13-19-15-11-17-21(23(19)26(28,29)30)35-25(34)36-22-18-12-16-20(14-10-8-6-4-2)24(22)27(31,32)33/h7-12,15-18H,3-6,13-14H2,1-2H3/b9-7+,10-8+. The lowest BCUT2D eigenvalue weighted by Gasteiger charge is -2.18. The number of carbonyl (C=O) groups is 1.